The summed E-state index contributed by atoms with van der Waals surface area (Å²) in [5.41, 5.74) is 6.15. The number of aromatic amines is 1. The van der Waals surface area contributed by atoms with Crippen LogP contribution in [0.5, 0.6) is 0 Å². The summed E-state index contributed by atoms with van der Waals surface area (Å²) in [6.07, 6.45) is 10.2. The Morgan fingerprint density at radius 2 is 1.88 bits per heavy atom. The lowest BCUT2D eigenvalue weighted by atomic mass is 9.96. The van der Waals surface area contributed by atoms with E-state index in [0.717, 1.165) is 44.8 Å². The van der Waals surface area contributed by atoms with Crippen LogP contribution in [-0.4, -0.2) is 49.5 Å². The Morgan fingerprint density at radius 1 is 1.00 bits per heavy atom. The highest BCUT2D eigenvalue weighted by Gasteiger charge is 2.28. The molecule has 0 unspecified atom stereocenters. The van der Waals surface area contributed by atoms with Crippen LogP contribution in [0.25, 0.3) is 39.1 Å². The molecule has 0 aromatic carbocycles. The molecule has 0 bridgehead atoms. The quantitative estimate of drug-likeness (QED) is 0.456. The average molecular weight is 445 g/mol. The normalized spacial score (nSPS) is 16.6. The maximum Gasteiger partial charge on any atom is 0.165 e. The van der Waals surface area contributed by atoms with Crippen molar-refractivity contribution in [2.45, 2.75) is 18.8 Å². The molecule has 0 radical (unpaired) electrons. The summed E-state index contributed by atoms with van der Waals surface area (Å²) in [5, 5.41) is 5.56. The van der Waals surface area contributed by atoms with Gasteiger partial charge in [-0.05, 0) is 37.1 Å². The SMILES string of the molecule is O=S1(=O)CCC(c2nc3c(-c4ccc(-c5cccnc5)nc4)cnn3c3[nH]ccc23)CC1. The second-order valence-corrected chi connectivity index (χ2v) is 10.4. The Hall–Kier alpha value is -3.59. The monoisotopic (exact) mass is 444 g/mol. The molecule has 1 aliphatic heterocycles. The van der Waals surface area contributed by atoms with Gasteiger partial charge in [-0.15, -0.1) is 0 Å². The molecule has 1 saturated heterocycles. The summed E-state index contributed by atoms with van der Waals surface area (Å²) in [7, 11) is -2.94. The van der Waals surface area contributed by atoms with Crippen LogP contribution >= 0.6 is 0 Å². The van der Waals surface area contributed by atoms with Gasteiger partial charge in [-0.1, -0.05) is 6.07 Å². The van der Waals surface area contributed by atoms with Gasteiger partial charge in [-0.3, -0.25) is 9.97 Å². The Kier molecular flexibility index (Phi) is 4.32. The Morgan fingerprint density at radius 3 is 2.62 bits per heavy atom. The minimum Gasteiger partial charge on any atom is -0.346 e. The number of hydrogen-bond acceptors (Lipinski definition) is 6. The summed E-state index contributed by atoms with van der Waals surface area (Å²) in [6, 6.07) is 9.84. The standard InChI is InChI=1S/C23H20N6O2S/c30-32(31)10-6-15(7-11-32)21-18-5-9-25-22(18)29-23(28-21)19(14-27-29)16-3-4-20(26-13-16)17-2-1-8-24-12-17/h1-5,8-9,12-15,25H,6-7,10-11H2. The van der Waals surface area contributed by atoms with Crippen LogP contribution in [0.4, 0.5) is 0 Å². The van der Waals surface area contributed by atoms with E-state index in [1.54, 1.807) is 18.6 Å². The number of fused-ring (bicyclic) bond motifs is 3. The Balaban J connectivity index is 1.45. The number of aromatic nitrogens is 6. The molecule has 5 aromatic heterocycles. The van der Waals surface area contributed by atoms with Gasteiger partial charge in [0.15, 0.2) is 5.65 Å². The highest BCUT2D eigenvalue weighted by Crippen LogP contribution is 2.35. The van der Waals surface area contributed by atoms with Gasteiger partial charge in [0, 0.05) is 52.8 Å². The van der Waals surface area contributed by atoms with E-state index in [1.165, 1.54) is 0 Å². The minimum absolute atomic E-state index is 0.107. The van der Waals surface area contributed by atoms with E-state index in [1.807, 2.05) is 47.2 Å². The van der Waals surface area contributed by atoms with Gasteiger partial charge in [0.05, 0.1) is 29.1 Å². The summed E-state index contributed by atoms with van der Waals surface area (Å²) in [4.78, 5) is 17.1. The van der Waals surface area contributed by atoms with E-state index in [-0.39, 0.29) is 17.4 Å². The zero-order valence-electron chi connectivity index (χ0n) is 17.1. The van der Waals surface area contributed by atoms with Gasteiger partial charge in [-0.25, -0.2) is 13.4 Å². The lowest BCUT2D eigenvalue weighted by Crippen LogP contribution is -2.23. The number of pyridine rings is 2. The third-order valence-corrected chi connectivity index (χ3v) is 7.87. The molecular weight excluding hydrogens is 424 g/mol. The van der Waals surface area contributed by atoms with Gasteiger partial charge in [0.2, 0.25) is 0 Å². The summed E-state index contributed by atoms with van der Waals surface area (Å²) >= 11 is 0. The molecule has 6 heterocycles. The molecule has 160 valence electrons. The van der Waals surface area contributed by atoms with Crippen LogP contribution < -0.4 is 0 Å². The maximum atomic E-state index is 11.9. The van der Waals surface area contributed by atoms with E-state index in [9.17, 15) is 8.42 Å². The molecule has 1 aliphatic rings. The van der Waals surface area contributed by atoms with Gasteiger partial charge >= 0.3 is 0 Å². The molecule has 9 heteroatoms. The van der Waals surface area contributed by atoms with Gasteiger partial charge < -0.3 is 4.98 Å². The van der Waals surface area contributed by atoms with Crippen LogP contribution in [0.3, 0.4) is 0 Å². The first kappa shape index (κ1) is 19.1. The average Bonchev–Trinajstić information content (AvgIpc) is 3.46. The molecule has 6 rings (SSSR count). The van der Waals surface area contributed by atoms with Crippen molar-refractivity contribution in [3.8, 4) is 22.4 Å². The number of H-pyrrole nitrogens is 1. The van der Waals surface area contributed by atoms with Crippen LogP contribution in [-0.2, 0) is 9.84 Å². The van der Waals surface area contributed by atoms with E-state index in [0.29, 0.717) is 12.8 Å². The van der Waals surface area contributed by atoms with Crippen molar-refractivity contribution < 1.29 is 8.42 Å². The first-order valence-electron chi connectivity index (χ1n) is 10.5. The molecule has 0 saturated carbocycles. The summed E-state index contributed by atoms with van der Waals surface area (Å²) in [5.74, 6) is 0.528. The lowest BCUT2D eigenvalue weighted by molar-refractivity contribution is 0.546. The third-order valence-electron chi connectivity index (χ3n) is 6.16. The Labute approximate surface area is 184 Å². The second kappa shape index (κ2) is 7.23. The van der Waals surface area contributed by atoms with Crippen molar-refractivity contribution in [2.24, 2.45) is 0 Å². The van der Waals surface area contributed by atoms with Crippen molar-refractivity contribution in [3.05, 3.63) is 67.0 Å². The van der Waals surface area contributed by atoms with Crippen molar-refractivity contribution in [3.63, 3.8) is 0 Å². The van der Waals surface area contributed by atoms with Crippen LogP contribution in [0.1, 0.15) is 24.5 Å². The number of rotatable bonds is 3. The van der Waals surface area contributed by atoms with Gasteiger partial charge in [-0.2, -0.15) is 9.61 Å². The lowest BCUT2D eigenvalue weighted by Gasteiger charge is -2.22. The summed E-state index contributed by atoms with van der Waals surface area (Å²) < 4.78 is 25.7. The van der Waals surface area contributed by atoms with Crippen molar-refractivity contribution >= 4 is 26.5 Å². The first-order chi connectivity index (χ1) is 15.6. The zero-order valence-corrected chi connectivity index (χ0v) is 18.0. The number of nitrogens with zero attached hydrogens (tertiary/aromatic N) is 5. The molecule has 5 aromatic rings. The predicted octanol–water partition coefficient (Wildman–Crippen LogP) is 3.63. The second-order valence-electron chi connectivity index (χ2n) is 8.13. The van der Waals surface area contributed by atoms with Crippen LogP contribution in [0, 0.1) is 0 Å². The number of sulfone groups is 1. The fraction of sp³-hybridized carbons (Fsp3) is 0.217. The molecule has 0 amide bonds. The minimum atomic E-state index is -2.94. The molecule has 1 fully saturated rings. The molecule has 0 aliphatic carbocycles. The van der Waals surface area contributed by atoms with E-state index >= 15 is 0 Å². The highest BCUT2D eigenvalue weighted by atomic mass is 32.2. The van der Waals surface area contributed by atoms with E-state index < -0.39 is 9.84 Å². The first-order valence-corrected chi connectivity index (χ1v) is 12.3. The maximum absolute atomic E-state index is 11.9. The fourth-order valence-corrected chi connectivity index (χ4v) is 5.94. The van der Waals surface area contributed by atoms with Crippen LogP contribution in [0.15, 0.2) is 61.3 Å². The number of hydrogen-bond donors (Lipinski definition) is 1. The molecule has 1 N–H and O–H groups in total. The molecule has 0 spiro atoms. The van der Waals surface area contributed by atoms with Crippen molar-refractivity contribution in [2.75, 3.05) is 11.5 Å². The van der Waals surface area contributed by atoms with Crippen molar-refractivity contribution in [1.29, 1.82) is 0 Å². The third kappa shape index (κ3) is 3.16. The molecule has 0 atom stereocenters. The largest absolute Gasteiger partial charge is 0.346 e. The van der Waals surface area contributed by atoms with E-state index in [4.69, 9.17) is 4.98 Å². The topological polar surface area (TPSA) is 106 Å². The zero-order chi connectivity index (χ0) is 21.7. The molecule has 32 heavy (non-hydrogen) atoms. The van der Waals surface area contributed by atoms with Gasteiger partial charge in [0.1, 0.15) is 15.5 Å². The van der Waals surface area contributed by atoms with Crippen molar-refractivity contribution in [1.82, 2.24) is 29.5 Å². The number of nitrogens with one attached hydrogen (secondary N) is 1. The van der Waals surface area contributed by atoms with Crippen LogP contribution in [0.2, 0.25) is 0 Å². The molecule has 8 nitrogen and oxygen atoms in total. The smallest absolute Gasteiger partial charge is 0.165 e. The molecular formula is C23H20N6O2S. The Bertz CT molecular complexity index is 1520. The predicted molar refractivity (Wildman–Crippen MR) is 122 cm³/mol. The van der Waals surface area contributed by atoms with Gasteiger partial charge in [0.25, 0.3) is 0 Å². The highest BCUT2D eigenvalue weighted by molar-refractivity contribution is 7.91. The summed E-state index contributed by atoms with van der Waals surface area (Å²) in [6.45, 7) is 0. The van der Waals surface area contributed by atoms with E-state index in [2.05, 4.69) is 20.1 Å². The fourth-order valence-electron chi connectivity index (χ4n) is 4.45.